The Bertz CT molecular complexity index is 6960. The van der Waals surface area contributed by atoms with Crippen molar-refractivity contribution in [2.24, 2.45) is 34.9 Å². The van der Waals surface area contributed by atoms with Gasteiger partial charge in [0.25, 0.3) is 10.1 Å². The van der Waals surface area contributed by atoms with Gasteiger partial charge in [0.05, 0.1) is 95.0 Å². The van der Waals surface area contributed by atoms with Gasteiger partial charge in [-0.2, -0.15) is 55.2 Å². The Hall–Kier alpha value is -6.53. The first-order chi connectivity index (χ1) is 52.1. The molecule has 0 bridgehead atoms. The predicted molar refractivity (Wildman–Crippen MR) is 379 cm³/mol. The number of H-pyrrole nitrogens is 6. The molecule has 0 aliphatic carbocycles. The average molecular weight is 1880 g/mol. The molecular formula is C53H40Cl4N22Na4O25S8. The molecule has 0 saturated heterocycles. The van der Waals surface area contributed by atoms with E-state index in [4.69, 9.17) is 55.5 Å². The molecule has 12 N–H and O–H groups in total. The Morgan fingerprint density at radius 2 is 0.750 bits per heavy atom. The van der Waals surface area contributed by atoms with Gasteiger partial charge in [0, 0.05) is 17.1 Å². The van der Waals surface area contributed by atoms with Gasteiger partial charge in [-0.1, -0.05) is 0 Å². The van der Waals surface area contributed by atoms with Crippen molar-refractivity contribution >= 4 is 202 Å². The molecule has 63 heteroatoms. The first kappa shape index (κ1) is 98.3. The van der Waals surface area contributed by atoms with Gasteiger partial charge in [0.15, 0.2) is 19.7 Å². The largest absolute Gasteiger partial charge is 1.00 e. The molecule has 0 aliphatic rings. The zero-order valence-electron chi connectivity index (χ0n) is 58.3. The number of nitrogens with zero attached hydrogens (tertiary/aromatic N) is 13. The second kappa shape index (κ2) is 40.2. The molecule has 10 rings (SSSR count). The second-order valence-corrected chi connectivity index (χ2v) is 34.6. The van der Waals surface area contributed by atoms with E-state index in [0.717, 1.165) is 84.9 Å². The summed E-state index contributed by atoms with van der Waals surface area (Å²) >= 11 is 24.8. The maximum Gasteiger partial charge on any atom is 1.00 e. The third-order valence-electron chi connectivity index (χ3n) is 13.4. The number of aromatic nitrogens is 12. The van der Waals surface area contributed by atoms with E-state index in [9.17, 15) is 90.7 Å². The summed E-state index contributed by atoms with van der Waals surface area (Å²) in [6.45, 7) is -1.77. The molecule has 0 unspecified atom stereocenters. The van der Waals surface area contributed by atoms with E-state index in [0.29, 0.717) is 12.1 Å². The Morgan fingerprint density at radius 1 is 0.388 bits per heavy atom. The van der Waals surface area contributed by atoms with Crippen molar-refractivity contribution in [3.8, 4) is 0 Å². The first-order valence-corrected chi connectivity index (χ1v) is 42.5. The molecule has 592 valence electrons. The van der Waals surface area contributed by atoms with Crippen LogP contribution in [0.5, 0.6) is 0 Å². The number of sulfone groups is 2. The minimum atomic E-state index is -5.52. The SMILES string of the molecule is O=S(=O)(O)OCCS(=O)(=O)c1ccc(Nc2nc(Cl)[nH]c(=Nc3cc(N=c4nc(Cl)[nH]c(=Nc5ccc(N=C([O-])Nc6ccc(N=c7[nH]c(Cl)nc(=Nc8ccc(S(=O)(=O)[O-])c(N=c9nc(Nc%10ccc(S(=O)(=O)CCOS(=O)(=O)O)cc%10)nc(Cl)[nH]9)c8)[nH]7)c(S(=O)(=O)O)c6)cc5S(=O)(=O)[O-])[nH]4)ccc3S(=O)(=O)[O-])n2)cc1.[Na+].[Na+].[Na+].[Na+]. The molecule has 4 aromatic heterocycles. The quantitative estimate of drug-likeness (QED) is 0.0104. The van der Waals surface area contributed by atoms with Crippen molar-refractivity contribution in [3.63, 3.8) is 0 Å². The van der Waals surface area contributed by atoms with Crippen molar-refractivity contribution in [1.29, 1.82) is 0 Å². The van der Waals surface area contributed by atoms with Crippen molar-refractivity contribution in [2.45, 2.75) is 29.4 Å². The minimum absolute atomic E-state index is 0. The van der Waals surface area contributed by atoms with Crippen molar-refractivity contribution in [2.75, 3.05) is 40.7 Å². The van der Waals surface area contributed by atoms with Crippen LogP contribution in [0.4, 0.5) is 68.8 Å². The Morgan fingerprint density at radius 3 is 1.14 bits per heavy atom. The van der Waals surface area contributed by atoms with Crippen LogP contribution in [0.2, 0.25) is 21.1 Å². The van der Waals surface area contributed by atoms with Gasteiger partial charge >= 0.3 is 139 Å². The fourth-order valence-corrected chi connectivity index (χ4v) is 15.0. The van der Waals surface area contributed by atoms with Crippen LogP contribution in [-0.4, -0.2) is 185 Å². The van der Waals surface area contributed by atoms with Gasteiger partial charge in [-0.3, -0.25) is 33.6 Å². The number of nitrogens with one attached hydrogen (secondary N) is 9. The van der Waals surface area contributed by atoms with Crippen LogP contribution in [-0.2, 0) is 89.3 Å². The summed E-state index contributed by atoms with van der Waals surface area (Å²) in [4.78, 5) is 63.1. The van der Waals surface area contributed by atoms with Crippen LogP contribution in [0.1, 0.15) is 0 Å². The molecule has 0 amide bonds. The maximum atomic E-state index is 13.3. The maximum absolute atomic E-state index is 13.3. The van der Waals surface area contributed by atoms with E-state index >= 15 is 0 Å². The van der Waals surface area contributed by atoms with Gasteiger partial charge in [0.1, 0.15) is 35.2 Å². The predicted octanol–water partition coefficient (Wildman–Crippen LogP) is -10.9. The summed E-state index contributed by atoms with van der Waals surface area (Å²) in [6, 6.07) is 19.0. The monoisotopic (exact) mass is 1870 g/mol. The Labute approximate surface area is 760 Å². The topological polar surface area (TPSA) is 739 Å². The van der Waals surface area contributed by atoms with E-state index < -0.39 is 215 Å². The van der Waals surface area contributed by atoms with E-state index in [1.165, 1.54) is 24.3 Å². The van der Waals surface area contributed by atoms with Crippen molar-refractivity contribution in [3.05, 3.63) is 176 Å². The summed E-state index contributed by atoms with van der Waals surface area (Å²) in [7, 11) is -39.4. The molecule has 0 aliphatic heterocycles. The van der Waals surface area contributed by atoms with E-state index in [1.54, 1.807) is 0 Å². The van der Waals surface area contributed by atoms with Crippen LogP contribution >= 0.6 is 46.4 Å². The van der Waals surface area contributed by atoms with Crippen molar-refractivity contribution < 1.29 is 226 Å². The third-order valence-corrected chi connectivity index (χ3v) is 22.0. The van der Waals surface area contributed by atoms with Crippen molar-refractivity contribution in [1.82, 2.24) is 59.8 Å². The number of rotatable bonds is 26. The zero-order chi connectivity index (χ0) is 81.7. The number of aromatic amines is 6. The molecule has 6 aromatic carbocycles. The van der Waals surface area contributed by atoms with E-state index in [2.05, 4.69) is 119 Å². The minimum Gasteiger partial charge on any atom is -0.846 e. The molecule has 0 radical (unpaired) electrons. The Kier molecular flexibility index (Phi) is 34.1. The van der Waals surface area contributed by atoms with Gasteiger partial charge < -0.3 is 44.7 Å². The number of amidine groups is 1. The molecule has 116 heavy (non-hydrogen) atoms. The molecule has 10 aromatic rings. The standard InChI is InChI=1S/C53H44Cl4N22O25S8.4Na/c54-41-68-45(58-25-1-9-31(10-2-25)105(81,82)19-17-103-111(97,98)99)76-51(74-41)66-35-21-27(7-15-37(35)107(85,86)87)60-47-70-43(56)72-49(78-47)64-33-13-5-29(23-39(33)109(91,92)93)62-53(80)63-30-6-14-34(40(24-30)110(94,95)96)65-50-73-44(57)71-48(79-50)61-28-8-16-38(108(88,89)90)36(22-28)67-52-75-42(55)69-46(77-52)59-26-3-11-32(12-4-26)106(83,84)20-18-104-112(100,101)102;;;;/h1-16,21-24H,17-20H2,(H2,62,63,80)(H,85,86,87)(H,88,89,90)(H,91,92,93)(H,94,95,96)(H,97,98,99)(H,100,101,102)(H2,58,66,68,74,76)(H2,59,67,69,75,77)(H2,60,64,70,72,78)(H2,61,65,71,73,79);;;;/q;4*+1/p-4. The fourth-order valence-electron chi connectivity index (χ4n) is 8.91. The van der Waals surface area contributed by atoms with Crippen LogP contribution in [0.25, 0.3) is 0 Å². The summed E-state index contributed by atoms with van der Waals surface area (Å²) in [5.41, 5.74) is -6.12. The van der Waals surface area contributed by atoms with Gasteiger partial charge in [-0.05, 0) is 168 Å². The van der Waals surface area contributed by atoms with E-state index in [-0.39, 0.29) is 168 Å². The zero-order valence-corrected chi connectivity index (χ0v) is 75.8. The fraction of sp³-hybridized carbons (Fsp3) is 0.0755. The summed E-state index contributed by atoms with van der Waals surface area (Å²) in [6.07, 6.45) is 0. The first-order valence-electron chi connectivity index (χ1n) is 29.3. The number of hydrogen-bond donors (Lipinski definition) is 12. The average Bonchev–Trinajstić information content (AvgIpc) is 0.805. The molecule has 0 atom stereocenters. The van der Waals surface area contributed by atoms with Crippen LogP contribution in [0.3, 0.4) is 0 Å². The number of hydrogen-bond acceptors (Lipinski definition) is 37. The summed E-state index contributed by atoms with van der Waals surface area (Å²) in [5.74, 6) is -2.28. The molecule has 0 spiro atoms. The summed E-state index contributed by atoms with van der Waals surface area (Å²) < 4.78 is 268. The van der Waals surface area contributed by atoms with E-state index in [1.807, 2.05) is 0 Å². The van der Waals surface area contributed by atoms with Gasteiger partial charge in [-0.15, -0.1) is 0 Å². The molecule has 47 nitrogen and oxygen atoms in total. The molecule has 0 saturated carbocycles. The molecular weight excluding hydrogens is 1840 g/mol. The number of halogens is 4. The normalized spacial score (nSPS) is 13.4. The van der Waals surface area contributed by atoms with Crippen LogP contribution < -0.4 is 173 Å². The number of benzene rings is 6. The molecule has 0 fully saturated rings. The molecule has 4 heterocycles. The second-order valence-electron chi connectivity index (χ2n) is 21.3. The van der Waals surface area contributed by atoms with Gasteiger partial charge in [0.2, 0.25) is 66.7 Å². The van der Waals surface area contributed by atoms with Crippen LogP contribution in [0, 0.1) is 0 Å². The van der Waals surface area contributed by atoms with Gasteiger partial charge in [-0.25, -0.2) is 85.4 Å². The van der Waals surface area contributed by atoms with Crippen LogP contribution in [0.15, 0.2) is 186 Å². The summed E-state index contributed by atoms with van der Waals surface area (Å²) in [5, 5.41) is 19.2. The third kappa shape index (κ3) is 28.9. The number of aliphatic imine (C=N–C) groups is 1. The smallest absolute Gasteiger partial charge is 0.846 e. The Balaban J connectivity index is 0.00000523. The number of anilines is 5.